The van der Waals surface area contributed by atoms with Gasteiger partial charge in [0.1, 0.15) is 0 Å². The van der Waals surface area contributed by atoms with Crippen molar-refractivity contribution in [3.63, 3.8) is 0 Å². The van der Waals surface area contributed by atoms with E-state index in [0.29, 0.717) is 5.56 Å². The lowest BCUT2D eigenvalue weighted by Crippen LogP contribution is -2.17. The molecule has 98 valence electrons. The van der Waals surface area contributed by atoms with Crippen molar-refractivity contribution in [1.29, 1.82) is 0 Å². The summed E-state index contributed by atoms with van der Waals surface area (Å²) >= 11 is 3.08. The van der Waals surface area contributed by atoms with Crippen molar-refractivity contribution < 1.29 is 14.7 Å². The summed E-state index contributed by atoms with van der Waals surface area (Å²) in [5.74, 6) is -1.31. The van der Waals surface area contributed by atoms with Gasteiger partial charge < -0.3 is 5.11 Å². The van der Waals surface area contributed by atoms with E-state index in [-0.39, 0.29) is 12.2 Å². The molecule has 0 bridgehead atoms. The van der Waals surface area contributed by atoms with Crippen molar-refractivity contribution in [3.8, 4) is 5.69 Å². The van der Waals surface area contributed by atoms with Crippen LogP contribution in [0.2, 0.25) is 0 Å². The largest absolute Gasteiger partial charge is 0.481 e. The van der Waals surface area contributed by atoms with Crippen molar-refractivity contribution in [1.82, 2.24) is 9.78 Å². The number of carboxylic acids is 1. The molecular formula is C13H11BrN2O3. The number of benzene rings is 1. The highest BCUT2D eigenvalue weighted by atomic mass is 79.9. The molecule has 0 radical (unpaired) electrons. The van der Waals surface area contributed by atoms with Crippen molar-refractivity contribution in [2.45, 2.75) is 11.2 Å². The van der Waals surface area contributed by atoms with Gasteiger partial charge in [-0.2, -0.15) is 5.10 Å². The summed E-state index contributed by atoms with van der Waals surface area (Å²) in [5, 5.41) is 12.8. The molecule has 19 heavy (non-hydrogen) atoms. The van der Waals surface area contributed by atoms with Crippen molar-refractivity contribution >= 4 is 27.7 Å². The van der Waals surface area contributed by atoms with E-state index in [2.05, 4.69) is 21.0 Å². The molecule has 0 saturated carbocycles. The molecule has 2 rings (SSSR count). The number of aromatic nitrogens is 2. The topological polar surface area (TPSA) is 72.2 Å². The first-order valence-electron chi connectivity index (χ1n) is 5.58. The van der Waals surface area contributed by atoms with Crippen LogP contribution in [-0.4, -0.2) is 31.5 Å². The first-order valence-corrected chi connectivity index (χ1v) is 6.49. The second-order valence-corrected chi connectivity index (χ2v) is 5.04. The Kier molecular flexibility index (Phi) is 4.11. The van der Waals surface area contributed by atoms with Gasteiger partial charge in [0.2, 0.25) is 0 Å². The molecule has 6 heteroatoms. The number of carboxylic acid groups (broad SMARTS) is 1. The van der Waals surface area contributed by atoms with Gasteiger partial charge in [-0.1, -0.05) is 34.1 Å². The zero-order valence-electron chi connectivity index (χ0n) is 9.86. The van der Waals surface area contributed by atoms with E-state index in [1.54, 1.807) is 10.9 Å². The van der Waals surface area contributed by atoms with Crippen molar-refractivity contribution in [2.75, 3.05) is 0 Å². The van der Waals surface area contributed by atoms with E-state index >= 15 is 0 Å². The Balaban J connectivity index is 2.17. The summed E-state index contributed by atoms with van der Waals surface area (Å²) in [6, 6.07) is 9.36. The molecule has 1 aromatic carbocycles. The van der Waals surface area contributed by atoms with Gasteiger partial charge in [0.05, 0.1) is 28.7 Å². The van der Waals surface area contributed by atoms with Gasteiger partial charge in [0.25, 0.3) is 0 Å². The Morgan fingerprint density at radius 2 is 2.00 bits per heavy atom. The number of halogens is 1. The maximum Gasteiger partial charge on any atom is 0.304 e. The maximum absolute atomic E-state index is 12.0. The summed E-state index contributed by atoms with van der Waals surface area (Å²) in [4.78, 5) is 21.8. The number of rotatable bonds is 5. The fourth-order valence-corrected chi connectivity index (χ4v) is 2.14. The van der Waals surface area contributed by atoms with Crippen LogP contribution in [0.3, 0.4) is 0 Å². The molecule has 0 aliphatic carbocycles. The minimum atomic E-state index is -1.02. The number of hydrogen-bond acceptors (Lipinski definition) is 3. The first kappa shape index (κ1) is 13.5. The smallest absolute Gasteiger partial charge is 0.304 e. The van der Waals surface area contributed by atoms with E-state index in [9.17, 15) is 9.59 Å². The molecule has 0 aliphatic heterocycles. The Morgan fingerprint density at radius 1 is 1.32 bits per heavy atom. The Bertz CT molecular complexity index is 595. The predicted octanol–water partition coefficient (Wildman–Crippen LogP) is 2.29. The van der Waals surface area contributed by atoms with Crippen LogP contribution in [-0.2, 0) is 4.79 Å². The standard InChI is InChI=1S/C13H11BrN2O3/c14-11(6-12(17)18)13(19)9-7-15-16(8-9)10-4-2-1-3-5-10/h1-5,7-8,11H,6H2,(H,17,18). The summed E-state index contributed by atoms with van der Waals surface area (Å²) < 4.78 is 1.58. The van der Waals surface area contributed by atoms with Gasteiger partial charge in [0, 0.05) is 6.20 Å². The molecular weight excluding hydrogens is 312 g/mol. The molecule has 1 aromatic heterocycles. The monoisotopic (exact) mass is 322 g/mol. The number of para-hydroxylation sites is 1. The molecule has 5 nitrogen and oxygen atoms in total. The fourth-order valence-electron chi connectivity index (χ4n) is 1.60. The van der Waals surface area contributed by atoms with E-state index in [0.717, 1.165) is 5.69 Å². The zero-order valence-corrected chi connectivity index (χ0v) is 11.4. The van der Waals surface area contributed by atoms with Crippen LogP contribution in [0.5, 0.6) is 0 Å². The first-order chi connectivity index (χ1) is 9.08. The summed E-state index contributed by atoms with van der Waals surface area (Å²) in [7, 11) is 0. The van der Waals surface area contributed by atoms with Gasteiger partial charge in [0.15, 0.2) is 5.78 Å². The fraction of sp³-hybridized carbons (Fsp3) is 0.154. The summed E-state index contributed by atoms with van der Waals surface area (Å²) in [6.07, 6.45) is 2.77. The average molecular weight is 323 g/mol. The average Bonchev–Trinajstić information content (AvgIpc) is 2.87. The summed E-state index contributed by atoms with van der Waals surface area (Å²) in [5.41, 5.74) is 1.22. The number of alkyl halides is 1. The molecule has 1 heterocycles. The maximum atomic E-state index is 12.0. The number of ketones is 1. The van der Waals surface area contributed by atoms with Crippen molar-refractivity contribution in [3.05, 3.63) is 48.3 Å². The van der Waals surface area contributed by atoms with Gasteiger partial charge in [-0.15, -0.1) is 0 Å². The third kappa shape index (κ3) is 3.29. The van der Waals surface area contributed by atoms with Gasteiger partial charge >= 0.3 is 5.97 Å². The number of carbonyl (C=O) groups is 2. The third-order valence-electron chi connectivity index (χ3n) is 2.53. The highest BCUT2D eigenvalue weighted by molar-refractivity contribution is 9.10. The second-order valence-electron chi connectivity index (χ2n) is 3.94. The van der Waals surface area contributed by atoms with Crippen LogP contribution >= 0.6 is 15.9 Å². The molecule has 1 atom stereocenters. The van der Waals surface area contributed by atoms with E-state index in [1.165, 1.54) is 6.20 Å². The Labute approximate surface area is 118 Å². The van der Waals surface area contributed by atoms with E-state index in [4.69, 9.17) is 5.11 Å². The summed E-state index contributed by atoms with van der Waals surface area (Å²) in [6.45, 7) is 0. The Hall–Kier alpha value is -1.95. The van der Waals surface area contributed by atoms with Crippen LogP contribution in [0.1, 0.15) is 16.8 Å². The quantitative estimate of drug-likeness (QED) is 0.677. The lowest BCUT2D eigenvalue weighted by atomic mass is 10.1. The van der Waals surface area contributed by atoms with Crippen LogP contribution in [0.15, 0.2) is 42.7 Å². The van der Waals surface area contributed by atoms with Crippen LogP contribution in [0.25, 0.3) is 5.69 Å². The van der Waals surface area contributed by atoms with Gasteiger partial charge in [-0.3, -0.25) is 9.59 Å². The number of nitrogens with zero attached hydrogens (tertiary/aromatic N) is 2. The zero-order chi connectivity index (χ0) is 13.8. The lowest BCUT2D eigenvalue weighted by Gasteiger charge is -2.03. The molecule has 0 fully saturated rings. The second kappa shape index (κ2) is 5.79. The highest BCUT2D eigenvalue weighted by Gasteiger charge is 2.21. The normalized spacial score (nSPS) is 12.1. The number of carbonyl (C=O) groups excluding carboxylic acids is 1. The van der Waals surface area contributed by atoms with E-state index < -0.39 is 10.8 Å². The van der Waals surface area contributed by atoms with Crippen LogP contribution < -0.4 is 0 Å². The molecule has 0 saturated heterocycles. The molecule has 2 aromatic rings. The molecule has 1 unspecified atom stereocenters. The number of Topliss-reactive ketones (excluding diaryl/α,β-unsaturated/α-hetero) is 1. The Morgan fingerprint density at radius 3 is 2.63 bits per heavy atom. The number of hydrogen-bond donors (Lipinski definition) is 1. The van der Waals surface area contributed by atoms with Gasteiger partial charge in [-0.05, 0) is 12.1 Å². The lowest BCUT2D eigenvalue weighted by molar-refractivity contribution is -0.136. The number of aliphatic carboxylic acids is 1. The molecule has 0 amide bonds. The van der Waals surface area contributed by atoms with E-state index in [1.807, 2.05) is 30.3 Å². The van der Waals surface area contributed by atoms with Gasteiger partial charge in [-0.25, -0.2) is 4.68 Å². The SMILES string of the molecule is O=C(O)CC(Br)C(=O)c1cnn(-c2ccccc2)c1. The predicted molar refractivity (Wildman–Crippen MR) is 72.9 cm³/mol. The van der Waals surface area contributed by atoms with Crippen LogP contribution in [0, 0.1) is 0 Å². The molecule has 1 N–H and O–H groups in total. The minimum absolute atomic E-state index is 0.255. The molecule has 0 spiro atoms. The van der Waals surface area contributed by atoms with Crippen molar-refractivity contribution in [2.24, 2.45) is 0 Å². The third-order valence-corrected chi connectivity index (χ3v) is 3.27. The highest BCUT2D eigenvalue weighted by Crippen LogP contribution is 2.15. The van der Waals surface area contributed by atoms with Crippen LogP contribution in [0.4, 0.5) is 0 Å². The molecule has 0 aliphatic rings. The minimum Gasteiger partial charge on any atom is -0.481 e.